The molecule has 0 unspecified atom stereocenters. The molecule has 0 bridgehead atoms. The number of aliphatic hydroxyl groups excluding tert-OH is 1. The molecule has 2 nitrogen and oxygen atoms in total. The van der Waals surface area contributed by atoms with Crippen molar-refractivity contribution in [2.45, 2.75) is 46.3 Å². The van der Waals surface area contributed by atoms with Gasteiger partial charge in [0.05, 0.1) is 6.10 Å². The zero-order chi connectivity index (χ0) is 8.85. The van der Waals surface area contributed by atoms with Crippen LogP contribution in [0.2, 0.25) is 0 Å². The van der Waals surface area contributed by atoms with E-state index in [4.69, 9.17) is 5.11 Å². The first-order valence-electron chi connectivity index (χ1n) is 4.49. The zero-order valence-corrected chi connectivity index (χ0v) is 8.09. The van der Waals surface area contributed by atoms with Crippen LogP contribution < -0.4 is 5.32 Å². The summed E-state index contributed by atoms with van der Waals surface area (Å²) in [5.74, 6) is 0.652. The molecule has 2 N–H and O–H groups in total. The fourth-order valence-electron chi connectivity index (χ4n) is 1.17. The van der Waals surface area contributed by atoms with E-state index in [1.54, 1.807) is 6.92 Å². The van der Waals surface area contributed by atoms with Gasteiger partial charge in [-0.1, -0.05) is 20.8 Å². The van der Waals surface area contributed by atoms with Gasteiger partial charge in [-0.2, -0.15) is 0 Å². The molecular formula is C9H21NO. The van der Waals surface area contributed by atoms with Crippen molar-refractivity contribution >= 4 is 0 Å². The lowest BCUT2D eigenvalue weighted by molar-refractivity contribution is 0.180. The normalized spacial score (nSPS) is 16.9. The Balaban J connectivity index is 3.52. The summed E-state index contributed by atoms with van der Waals surface area (Å²) in [7, 11) is 0. The van der Waals surface area contributed by atoms with E-state index >= 15 is 0 Å². The number of hydrogen-bond donors (Lipinski definition) is 2. The van der Waals surface area contributed by atoms with Crippen LogP contribution in [0.3, 0.4) is 0 Å². The highest BCUT2D eigenvalue weighted by Crippen LogP contribution is 2.04. The fourth-order valence-corrected chi connectivity index (χ4v) is 1.17. The van der Waals surface area contributed by atoms with E-state index in [1.807, 2.05) is 0 Å². The predicted molar refractivity (Wildman–Crippen MR) is 48.6 cm³/mol. The molecule has 11 heavy (non-hydrogen) atoms. The van der Waals surface area contributed by atoms with E-state index < -0.39 is 0 Å². The second-order valence-corrected chi connectivity index (χ2v) is 3.52. The van der Waals surface area contributed by atoms with E-state index in [-0.39, 0.29) is 6.10 Å². The number of aliphatic hydroxyl groups is 1. The van der Waals surface area contributed by atoms with Gasteiger partial charge in [0.2, 0.25) is 0 Å². The average molecular weight is 159 g/mol. The first-order chi connectivity index (χ1) is 5.07. The molecule has 0 amide bonds. The van der Waals surface area contributed by atoms with Crippen LogP contribution >= 0.6 is 0 Å². The first kappa shape index (κ1) is 10.9. The number of rotatable bonds is 5. The molecule has 0 aliphatic carbocycles. The van der Waals surface area contributed by atoms with Crippen molar-refractivity contribution in [3.8, 4) is 0 Å². The molecule has 0 spiro atoms. The van der Waals surface area contributed by atoms with Crippen molar-refractivity contribution in [2.24, 2.45) is 5.92 Å². The molecule has 2 heteroatoms. The van der Waals surface area contributed by atoms with E-state index in [1.165, 1.54) is 0 Å². The molecular weight excluding hydrogens is 138 g/mol. The van der Waals surface area contributed by atoms with Gasteiger partial charge in [-0.3, -0.25) is 0 Å². The van der Waals surface area contributed by atoms with Crippen molar-refractivity contribution in [1.29, 1.82) is 0 Å². The Morgan fingerprint density at radius 2 is 1.82 bits per heavy atom. The minimum atomic E-state index is -0.234. The highest BCUT2D eigenvalue weighted by Gasteiger charge is 2.09. The van der Waals surface area contributed by atoms with Crippen LogP contribution in [0.4, 0.5) is 0 Å². The summed E-state index contributed by atoms with van der Waals surface area (Å²) in [5.41, 5.74) is 0. The van der Waals surface area contributed by atoms with Crippen LogP contribution in [0.15, 0.2) is 0 Å². The van der Waals surface area contributed by atoms with Crippen molar-refractivity contribution in [3.05, 3.63) is 0 Å². The van der Waals surface area contributed by atoms with Crippen molar-refractivity contribution in [3.63, 3.8) is 0 Å². The molecule has 0 aromatic carbocycles. The van der Waals surface area contributed by atoms with E-state index in [0.717, 1.165) is 6.42 Å². The van der Waals surface area contributed by atoms with Crippen LogP contribution in [0.5, 0.6) is 0 Å². The molecule has 0 aliphatic heterocycles. The van der Waals surface area contributed by atoms with Gasteiger partial charge < -0.3 is 10.4 Å². The van der Waals surface area contributed by atoms with Crippen LogP contribution in [-0.2, 0) is 0 Å². The number of hydrogen-bond acceptors (Lipinski definition) is 2. The molecule has 0 aliphatic rings. The molecule has 68 valence electrons. The van der Waals surface area contributed by atoms with Gasteiger partial charge in [-0.15, -0.1) is 0 Å². The standard InChI is InChI=1S/C9H21NO/c1-5-9(7(2)3)10-6-8(4)11/h7-11H,5-6H2,1-4H3/t8-,9+/m1/s1. The second-order valence-electron chi connectivity index (χ2n) is 3.52. The Morgan fingerprint density at radius 3 is 2.09 bits per heavy atom. The van der Waals surface area contributed by atoms with Gasteiger partial charge in [0.15, 0.2) is 0 Å². The lowest BCUT2D eigenvalue weighted by atomic mass is 10.0. The molecule has 2 atom stereocenters. The third-order valence-corrected chi connectivity index (χ3v) is 1.92. The van der Waals surface area contributed by atoms with Gasteiger partial charge in [0, 0.05) is 12.6 Å². The summed E-state index contributed by atoms with van der Waals surface area (Å²) < 4.78 is 0. The lowest BCUT2D eigenvalue weighted by Crippen LogP contribution is -2.37. The van der Waals surface area contributed by atoms with Crippen LogP contribution in [0.1, 0.15) is 34.1 Å². The Labute approximate surface area is 70.0 Å². The minimum Gasteiger partial charge on any atom is -0.392 e. The quantitative estimate of drug-likeness (QED) is 0.635. The van der Waals surface area contributed by atoms with Gasteiger partial charge in [0.1, 0.15) is 0 Å². The smallest absolute Gasteiger partial charge is 0.0636 e. The topological polar surface area (TPSA) is 32.3 Å². The average Bonchev–Trinajstić information content (AvgIpc) is 1.87. The summed E-state index contributed by atoms with van der Waals surface area (Å²) in [6.07, 6.45) is 0.896. The first-order valence-corrected chi connectivity index (χ1v) is 4.49. The molecule has 0 saturated heterocycles. The third-order valence-electron chi connectivity index (χ3n) is 1.92. The molecule has 0 aromatic rings. The van der Waals surface area contributed by atoms with E-state index in [0.29, 0.717) is 18.5 Å². The highest BCUT2D eigenvalue weighted by atomic mass is 16.3. The molecule has 0 rings (SSSR count). The third kappa shape index (κ3) is 5.22. The monoisotopic (exact) mass is 159 g/mol. The maximum Gasteiger partial charge on any atom is 0.0636 e. The fraction of sp³-hybridized carbons (Fsp3) is 1.00. The molecule has 0 saturated carbocycles. The Bertz CT molecular complexity index is 91.6. The summed E-state index contributed by atoms with van der Waals surface area (Å²) in [6, 6.07) is 0.546. The summed E-state index contributed by atoms with van der Waals surface area (Å²) in [6.45, 7) is 9.07. The molecule has 0 heterocycles. The van der Waals surface area contributed by atoms with Crippen LogP contribution in [-0.4, -0.2) is 23.8 Å². The van der Waals surface area contributed by atoms with Gasteiger partial charge >= 0.3 is 0 Å². The summed E-state index contributed by atoms with van der Waals surface area (Å²) in [4.78, 5) is 0. The van der Waals surface area contributed by atoms with Gasteiger partial charge in [0.25, 0.3) is 0 Å². The maximum absolute atomic E-state index is 9.02. The van der Waals surface area contributed by atoms with Crippen LogP contribution in [0.25, 0.3) is 0 Å². The Morgan fingerprint density at radius 1 is 1.27 bits per heavy atom. The van der Waals surface area contributed by atoms with Crippen molar-refractivity contribution in [1.82, 2.24) is 5.32 Å². The Kier molecular flexibility index (Phi) is 5.51. The molecule has 0 fully saturated rings. The minimum absolute atomic E-state index is 0.234. The van der Waals surface area contributed by atoms with Crippen molar-refractivity contribution in [2.75, 3.05) is 6.54 Å². The zero-order valence-electron chi connectivity index (χ0n) is 8.09. The largest absolute Gasteiger partial charge is 0.392 e. The highest BCUT2D eigenvalue weighted by molar-refractivity contribution is 4.69. The Hall–Kier alpha value is -0.0800. The molecule has 0 aromatic heterocycles. The van der Waals surface area contributed by atoms with Crippen LogP contribution in [0, 0.1) is 5.92 Å². The summed E-state index contributed by atoms with van der Waals surface area (Å²) >= 11 is 0. The van der Waals surface area contributed by atoms with E-state index in [9.17, 15) is 0 Å². The second kappa shape index (κ2) is 5.56. The predicted octanol–water partition coefficient (Wildman–Crippen LogP) is 1.39. The SMILES string of the molecule is CC[C@H](NC[C@@H](C)O)C(C)C. The van der Waals surface area contributed by atoms with Crippen molar-refractivity contribution < 1.29 is 5.11 Å². The number of nitrogens with one attached hydrogen (secondary N) is 1. The maximum atomic E-state index is 9.02. The summed E-state index contributed by atoms with van der Waals surface area (Å²) in [5, 5.41) is 12.3. The lowest BCUT2D eigenvalue weighted by Gasteiger charge is -2.21. The van der Waals surface area contributed by atoms with Gasteiger partial charge in [-0.25, -0.2) is 0 Å². The molecule has 0 radical (unpaired) electrons. The van der Waals surface area contributed by atoms with Gasteiger partial charge in [-0.05, 0) is 19.3 Å². The van der Waals surface area contributed by atoms with E-state index in [2.05, 4.69) is 26.1 Å².